The summed E-state index contributed by atoms with van der Waals surface area (Å²) in [5.74, 6) is 0.774. The summed E-state index contributed by atoms with van der Waals surface area (Å²) in [6, 6.07) is 3.11. The predicted molar refractivity (Wildman–Crippen MR) is 52.9 cm³/mol. The molecular weight excluding hydrogens is 198 g/mol. The monoisotopic (exact) mass is 211 g/mol. The van der Waals surface area contributed by atoms with Crippen molar-refractivity contribution in [1.29, 1.82) is 0 Å². The molecule has 0 radical (unpaired) electrons. The minimum Gasteiger partial charge on any atom is -0.438 e. The van der Waals surface area contributed by atoms with Gasteiger partial charge in [-0.1, -0.05) is 0 Å². The molecule has 2 rings (SSSR count). The van der Waals surface area contributed by atoms with E-state index in [4.69, 9.17) is 9.52 Å². The second kappa shape index (κ2) is 4.04. The Morgan fingerprint density at radius 3 is 3.00 bits per heavy atom. The maximum absolute atomic E-state index is 10.4. The third-order valence-electron chi connectivity index (χ3n) is 2.61. The minimum absolute atomic E-state index is 0.0335. The number of carbonyl (C=O) groups is 1. The fourth-order valence-corrected chi connectivity index (χ4v) is 1.89. The smallest absolute Gasteiger partial charge is 0.196 e. The molecule has 1 aromatic rings. The van der Waals surface area contributed by atoms with Gasteiger partial charge in [0.25, 0.3) is 0 Å². The summed E-state index contributed by atoms with van der Waals surface area (Å²) in [5.41, 5.74) is 0. The van der Waals surface area contributed by atoms with Gasteiger partial charge in [0.1, 0.15) is 0 Å². The van der Waals surface area contributed by atoms with Gasteiger partial charge in [0.15, 0.2) is 17.9 Å². The molecule has 2 heterocycles. The first-order valence-electron chi connectivity index (χ1n) is 4.85. The van der Waals surface area contributed by atoms with E-state index in [-0.39, 0.29) is 18.4 Å². The van der Waals surface area contributed by atoms with E-state index in [1.54, 1.807) is 17.0 Å². The van der Waals surface area contributed by atoms with Crippen LogP contribution in [0.2, 0.25) is 0 Å². The number of hydrogen-bond donors (Lipinski definition) is 2. The highest BCUT2D eigenvalue weighted by Crippen LogP contribution is 2.26. The summed E-state index contributed by atoms with van der Waals surface area (Å²) in [6.45, 7) is 0.394. The molecule has 15 heavy (non-hydrogen) atoms. The number of nitrogens with zero attached hydrogens (tertiary/aromatic N) is 1. The number of aliphatic hydroxyl groups is 2. The quantitative estimate of drug-likeness (QED) is 0.690. The molecule has 0 aliphatic carbocycles. The molecule has 1 aliphatic heterocycles. The molecule has 1 aromatic heterocycles. The highest BCUT2D eigenvalue weighted by atomic mass is 16.4. The Morgan fingerprint density at radius 1 is 1.60 bits per heavy atom. The van der Waals surface area contributed by atoms with Crippen molar-refractivity contribution in [1.82, 2.24) is 0 Å². The summed E-state index contributed by atoms with van der Waals surface area (Å²) < 4.78 is 5.23. The molecule has 0 bridgehead atoms. The van der Waals surface area contributed by atoms with Crippen LogP contribution in [0.3, 0.4) is 0 Å². The highest BCUT2D eigenvalue weighted by Gasteiger charge is 2.32. The lowest BCUT2D eigenvalue weighted by molar-refractivity contribution is 0.110. The van der Waals surface area contributed by atoms with Crippen molar-refractivity contribution in [2.75, 3.05) is 18.1 Å². The molecule has 82 valence electrons. The van der Waals surface area contributed by atoms with E-state index < -0.39 is 6.10 Å². The summed E-state index contributed by atoms with van der Waals surface area (Å²) in [6.07, 6.45) is 0.698. The third-order valence-corrected chi connectivity index (χ3v) is 2.61. The molecular formula is C10H13NO4. The number of hydrogen-bond acceptors (Lipinski definition) is 5. The fourth-order valence-electron chi connectivity index (χ4n) is 1.89. The summed E-state index contributed by atoms with van der Waals surface area (Å²) in [7, 11) is 0. The van der Waals surface area contributed by atoms with Crippen LogP contribution in [0.1, 0.15) is 17.0 Å². The van der Waals surface area contributed by atoms with E-state index >= 15 is 0 Å². The lowest BCUT2D eigenvalue weighted by Gasteiger charge is -2.21. The molecule has 2 unspecified atom stereocenters. The van der Waals surface area contributed by atoms with Gasteiger partial charge in [-0.3, -0.25) is 4.79 Å². The van der Waals surface area contributed by atoms with Crippen molar-refractivity contribution in [2.24, 2.45) is 0 Å². The van der Waals surface area contributed by atoms with Gasteiger partial charge in [-0.2, -0.15) is 0 Å². The lowest BCUT2D eigenvalue weighted by Crippen LogP contribution is -2.31. The SMILES string of the molecule is O=Cc1ccc(N2CC(O)CC2CO)o1. The van der Waals surface area contributed by atoms with Crippen LogP contribution in [-0.2, 0) is 0 Å². The molecule has 1 saturated heterocycles. The highest BCUT2D eigenvalue weighted by molar-refractivity contribution is 5.71. The third kappa shape index (κ3) is 1.88. The molecule has 2 N–H and O–H groups in total. The number of carbonyl (C=O) groups excluding carboxylic acids is 1. The molecule has 1 aliphatic rings. The number of furan rings is 1. The largest absolute Gasteiger partial charge is 0.438 e. The Kier molecular flexibility index (Phi) is 2.75. The number of β-amino-alcohol motifs (C(OH)–C–C–N with tert-alkyl or cyclic N) is 1. The zero-order chi connectivity index (χ0) is 10.8. The average molecular weight is 211 g/mol. The van der Waals surface area contributed by atoms with Crippen LogP contribution in [0.5, 0.6) is 0 Å². The van der Waals surface area contributed by atoms with Crippen LogP contribution in [0.25, 0.3) is 0 Å². The van der Waals surface area contributed by atoms with E-state index in [0.29, 0.717) is 25.1 Å². The minimum atomic E-state index is -0.452. The van der Waals surface area contributed by atoms with Crippen LogP contribution < -0.4 is 4.90 Å². The molecule has 0 saturated carbocycles. The van der Waals surface area contributed by atoms with Gasteiger partial charge < -0.3 is 19.5 Å². The first kappa shape index (κ1) is 10.2. The van der Waals surface area contributed by atoms with Gasteiger partial charge in [-0.15, -0.1) is 0 Å². The van der Waals surface area contributed by atoms with Gasteiger partial charge in [-0.05, 0) is 12.5 Å². The average Bonchev–Trinajstić information content (AvgIpc) is 2.82. The Hall–Kier alpha value is -1.33. The van der Waals surface area contributed by atoms with Crippen molar-refractivity contribution in [3.05, 3.63) is 17.9 Å². The van der Waals surface area contributed by atoms with Gasteiger partial charge in [0.05, 0.1) is 18.8 Å². The van der Waals surface area contributed by atoms with Gasteiger partial charge in [0.2, 0.25) is 0 Å². The first-order valence-corrected chi connectivity index (χ1v) is 4.85. The van der Waals surface area contributed by atoms with Crippen LogP contribution in [-0.4, -0.2) is 41.8 Å². The zero-order valence-corrected chi connectivity index (χ0v) is 8.17. The van der Waals surface area contributed by atoms with Crippen molar-refractivity contribution in [3.8, 4) is 0 Å². The van der Waals surface area contributed by atoms with Gasteiger partial charge in [0, 0.05) is 12.6 Å². The number of rotatable bonds is 3. The Balaban J connectivity index is 2.18. The van der Waals surface area contributed by atoms with E-state index in [0.717, 1.165) is 0 Å². The number of aldehydes is 1. The molecule has 0 aromatic carbocycles. The molecule has 1 fully saturated rings. The van der Waals surface area contributed by atoms with Crippen LogP contribution in [0.15, 0.2) is 16.5 Å². The zero-order valence-electron chi connectivity index (χ0n) is 8.17. The normalized spacial score (nSPS) is 25.9. The van der Waals surface area contributed by atoms with Gasteiger partial charge >= 0.3 is 0 Å². The van der Waals surface area contributed by atoms with Crippen LogP contribution >= 0.6 is 0 Å². The summed E-state index contributed by atoms with van der Waals surface area (Å²) in [4.78, 5) is 12.2. The van der Waals surface area contributed by atoms with Crippen molar-refractivity contribution in [3.63, 3.8) is 0 Å². The topological polar surface area (TPSA) is 73.9 Å². The molecule has 0 amide bonds. The fraction of sp³-hybridized carbons (Fsp3) is 0.500. The van der Waals surface area contributed by atoms with Crippen molar-refractivity contribution < 1.29 is 19.4 Å². The van der Waals surface area contributed by atoms with E-state index in [1.807, 2.05) is 0 Å². The lowest BCUT2D eigenvalue weighted by atomic mass is 10.2. The molecule has 2 atom stereocenters. The number of anilines is 1. The van der Waals surface area contributed by atoms with E-state index in [1.165, 1.54) is 0 Å². The standard InChI is InChI=1S/C10H13NO4/c12-5-7-3-8(14)4-11(7)10-2-1-9(6-13)15-10/h1-2,6-8,12,14H,3-5H2. The Labute approximate surface area is 86.9 Å². The van der Waals surface area contributed by atoms with Crippen molar-refractivity contribution >= 4 is 12.2 Å². The van der Waals surface area contributed by atoms with Crippen LogP contribution in [0, 0.1) is 0 Å². The Bertz CT molecular complexity index is 349. The second-order valence-electron chi connectivity index (χ2n) is 3.67. The molecule has 5 heteroatoms. The maximum Gasteiger partial charge on any atom is 0.196 e. The van der Waals surface area contributed by atoms with E-state index in [2.05, 4.69) is 0 Å². The first-order chi connectivity index (χ1) is 7.24. The number of aliphatic hydroxyl groups excluding tert-OH is 2. The second-order valence-corrected chi connectivity index (χ2v) is 3.67. The Morgan fingerprint density at radius 2 is 2.40 bits per heavy atom. The predicted octanol–water partition coefficient (Wildman–Crippen LogP) is 0.0240. The molecule has 0 spiro atoms. The molecule has 5 nitrogen and oxygen atoms in total. The summed E-state index contributed by atoms with van der Waals surface area (Å²) >= 11 is 0. The van der Waals surface area contributed by atoms with E-state index in [9.17, 15) is 9.90 Å². The van der Waals surface area contributed by atoms with Crippen molar-refractivity contribution in [2.45, 2.75) is 18.6 Å². The maximum atomic E-state index is 10.4. The van der Waals surface area contributed by atoms with Gasteiger partial charge in [-0.25, -0.2) is 0 Å². The summed E-state index contributed by atoms with van der Waals surface area (Å²) in [5, 5.41) is 18.6. The van der Waals surface area contributed by atoms with Crippen LogP contribution in [0.4, 0.5) is 5.88 Å².